The number of carbonyl (C=O) groups is 2. The zero-order chi connectivity index (χ0) is 41.2. The summed E-state index contributed by atoms with van der Waals surface area (Å²) in [7, 11) is 0. The van der Waals surface area contributed by atoms with Crippen molar-refractivity contribution in [2.45, 2.75) is 123 Å². The van der Waals surface area contributed by atoms with E-state index in [2.05, 4.69) is 13.8 Å². The summed E-state index contributed by atoms with van der Waals surface area (Å²) < 4.78 is 65.2. The van der Waals surface area contributed by atoms with E-state index in [0.717, 1.165) is 25.7 Å². The van der Waals surface area contributed by atoms with E-state index in [-0.39, 0.29) is 25.2 Å². The van der Waals surface area contributed by atoms with Crippen molar-refractivity contribution in [3.05, 3.63) is 0 Å². The normalized spacial score (nSPS) is 11.4. The third kappa shape index (κ3) is 50.6. The minimum Gasteiger partial charge on any atom is -0.463 e. The van der Waals surface area contributed by atoms with Crippen LogP contribution >= 0.6 is 0 Å². The Balaban J connectivity index is 3.14. The van der Waals surface area contributed by atoms with E-state index in [1.165, 1.54) is 70.6 Å². The molecule has 0 aliphatic heterocycles. The summed E-state index contributed by atoms with van der Waals surface area (Å²) >= 11 is 0. The third-order valence-electron chi connectivity index (χ3n) is 8.55. The molecule has 0 amide bonds. The second-order valence-corrected chi connectivity index (χ2v) is 13.7. The molecule has 340 valence electrons. The summed E-state index contributed by atoms with van der Waals surface area (Å²) in [5.74, 6) is -0.285. The van der Waals surface area contributed by atoms with Gasteiger partial charge in [-0.3, -0.25) is 9.59 Å². The molecule has 0 heterocycles. The molecule has 14 nitrogen and oxygen atoms in total. The molecular weight excluding hydrogens is 740 g/mol. The molecule has 0 aliphatic carbocycles. The molecule has 14 heteroatoms. The molecule has 0 fully saturated rings. The van der Waals surface area contributed by atoms with E-state index in [1.54, 1.807) is 0 Å². The Morgan fingerprint density at radius 3 is 0.632 bits per heavy atom. The molecule has 0 aliphatic rings. The first-order valence-corrected chi connectivity index (χ1v) is 22.3. The van der Waals surface area contributed by atoms with Gasteiger partial charge in [-0.2, -0.15) is 0 Å². The van der Waals surface area contributed by atoms with Crippen LogP contribution in [0.1, 0.15) is 123 Å². The highest BCUT2D eigenvalue weighted by atomic mass is 16.6. The number of unbranched alkanes of at least 4 members (excludes halogenated alkanes) is 13. The van der Waals surface area contributed by atoms with Gasteiger partial charge < -0.3 is 56.8 Å². The number of hydrogen-bond acceptors (Lipinski definition) is 14. The van der Waals surface area contributed by atoms with Crippen molar-refractivity contribution in [1.82, 2.24) is 0 Å². The maximum atomic E-state index is 11.8. The molecule has 0 aromatic rings. The Kier molecular flexibility index (Phi) is 49.4. The predicted octanol–water partition coefficient (Wildman–Crippen LogP) is 6.91. The Morgan fingerprint density at radius 1 is 0.246 bits per heavy atom. The Bertz CT molecular complexity index is 791. The fourth-order valence-electron chi connectivity index (χ4n) is 5.28. The van der Waals surface area contributed by atoms with Crippen molar-refractivity contribution >= 4 is 11.9 Å². The fourth-order valence-corrected chi connectivity index (χ4v) is 5.28. The van der Waals surface area contributed by atoms with Gasteiger partial charge in [0.15, 0.2) is 0 Å². The van der Waals surface area contributed by atoms with Gasteiger partial charge in [0.25, 0.3) is 0 Å². The lowest BCUT2D eigenvalue weighted by Gasteiger charge is -2.09. The highest BCUT2D eigenvalue weighted by Crippen LogP contribution is 2.11. The van der Waals surface area contributed by atoms with Crippen molar-refractivity contribution in [3.63, 3.8) is 0 Å². The highest BCUT2D eigenvalue weighted by Gasteiger charge is 2.04. The Morgan fingerprint density at radius 2 is 0.421 bits per heavy atom. The van der Waals surface area contributed by atoms with Crippen LogP contribution in [0.3, 0.4) is 0 Å². The van der Waals surface area contributed by atoms with Crippen molar-refractivity contribution in [2.75, 3.05) is 145 Å². The second-order valence-electron chi connectivity index (χ2n) is 13.7. The first-order valence-electron chi connectivity index (χ1n) is 22.3. The van der Waals surface area contributed by atoms with Gasteiger partial charge in [0, 0.05) is 12.8 Å². The monoisotopic (exact) mass is 825 g/mol. The summed E-state index contributed by atoms with van der Waals surface area (Å²) in [6.07, 6.45) is 19.0. The van der Waals surface area contributed by atoms with Crippen LogP contribution in [0.5, 0.6) is 0 Å². The lowest BCUT2D eigenvalue weighted by atomic mass is 10.1. The van der Waals surface area contributed by atoms with E-state index in [9.17, 15) is 9.59 Å². The molecule has 0 unspecified atom stereocenters. The van der Waals surface area contributed by atoms with Crippen LogP contribution in [0.25, 0.3) is 0 Å². The molecule has 0 saturated carbocycles. The summed E-state index contributed by atoms with van der Waals surface area (Å²) in [4.78, 5) is 23.5. The van der Waals surface area contributed by atoms with E-state index in [0.29, 0.717) is 145 Å². The van der Waals surface area contributed by atoms with Crippen molar-refractivity contribution in [1.29, 1.82) is 0 Å². The molecule has 0 atom stereocenters. The maximum absolute atomic E-state index is 11.8. The molecule has 0 N–H and O–H groups in total. The van der Waals surface area contributed by atoms with Gasteiger partial charge in [0.05, 0.1) is 132 Å². The quantitative estimate of drug-likeness (QED) is 0.0463. The first kappa shape index (κ1) is 55.5. The second kappa shape index (κ2) is 50.7. The summed E-state index contributed by atoms with van der Waals surface area (Å²) in [5.41, 5.74) is 0. The maximum Gasteiger partial charge on any atom is 0.305 e. The van der Waals surface area contributed by atoms with Crippen LogP contribution in [0.4, 0.5) is 0 Å². The van der Waals surface area contributed by atoms with Crippen molar-refractivity contribution in [3.8, 4) is 0 Å². The molecular formula is C43H84O14. The van der Waals surface area contributed by atoms with Crippen LogP contribution in [0.2, 0.25) is 0 Å². The van der Waals surface area contributed by atoms with E-state index >= 15 is 0 Å². The lowest BCUT2D eigenvalue weighted by Crippen LogP contribution is -2.16. The smallest absolute Gasteiger partial charge is 0.305 e. The van der Waals surface area contributed by atoms with Crippen molar-refractivity contribution in [2.24, 2.45) is 0 Å². The average molecular weight is 825 g/mol. The number of carbonyl (C=O) groups excluding carboxylic acids is 2. The van der Waals surface area contributed by atoms with Crippen LogP contribution in [-0.2, 0) is 66.4 Å². The molecule has 0 aromatic carbocycles. The zero-order valence-electron chi connectivity index (χ0n) is 36.3. The number of rotatable bonds is 50. The van der Waals surface area contributed by atoms with Gasteiger partial charge >= 0.3 is 11.9 Å². The van der Waals surface area contributed by atoms with Crippen molar-refractivity contribution < 1.29 is 66.4 Å². The molecule has 0 rings (SSSR count). The van der Waals surface area contributed by atoms with E-state index in [4.69, 9.17) is 56.8 Å². The molecule has 0 spiro atoms. The van der Waals surface area contributed by atoms with Gasteiger partial charge in [-0.25, -0.2) is 0 Å². The largest absolute Gasteiger partial charge is 0.463 e. The minimum atomic E-state index is -0.146. The van der Waals surface area contributed by atoms with E-state index < -0.39 is 0 Å². The fraction of sp³-hybridized carbons (Fsp3) is 0.953. The molecule has 0 bridgehead atoms. The standard InChI is InChI=1S/C43H84O14/c1-3-5-7-9-11-12-13-15-17-19-43(45)57-41-39-55-37-35-53-33-31-51-29-27-49-25-23-47-21-20-46-22-24-48-26-28-50-30-32-52-34-36-54-38-40-56-42(44)18-16-14-10-8-6-4-2/h3-41H2,1-2H3. The van der Waals surface area contributed by atoms with Gasteiger partial charge in [-0.05, 0) is 12.8 Å². The Labute approximate surface area is 346 Å². The average Bonchev–Trinajstić information content (AvgIpc) is 3.21. The summed E-state index contributed by atoms with van der Waals surface area (Å²) in [5, 5.41) is 0. The zero-order valence-corrected chi connectivity index (χ0v) is 36.3. The SMILES string of the molecule is CCCCCCCCCCCC(=O)OCCOCCOCCOCCOCCOCCOCCOCCOCCOCCOCCOC(=O)CCCCCCCC. The Hall–Kier alpha value is -1.46. The molecule has 0 radical (unpaired) electrons. The first-order chi connectivity index (χ1) is 28.2. The van der Waals surface area contributed by atoms with E-state index in [1.807, 2.05) is 0 Å². The molecule has 0 aromatic heterocycles. The molecule has 57 heavy (non-hydrogen) atoms. The van der Waals surface area contributed by atoms with Crippen LogP contribution < -0.4 is 0 Å². The van der Waals surface area contributed by atoms with Gasteiger partial charge in [0.2, 0.25) is 0 Å². The topological polar surface area (TPSA) is 145 Å². The van der Waals surface area contributed by atoms with Gasteiger partial charge in [0.1, 0.15) is 13.2 Å². The van der Waals surface area contributed by atoms with Gasteiger partial charge in [-0.15, -0.1) is 0 Å². The number of esters is 2. The minimum absolute atomic E-state index is 0.139. The summed E-state index contributed by atoms with van der Waals surface area (Å²) in [6.45, 7) is 14.4. The lowest BCUT2D eigenvalue weighted by molar-refractivity contribution is -0.146. The predicted molar refractivity (Wildman–Crippen MR) is 220 cm³/mol. The van der Waals surface area contributed by atoms with Crippen LogP contribution in [0.15, 0.2) is 0 Å². The number of hydrogen-bond donors (Lipinski definition) is 0. The third-order valence-corrected chi connectivity index (χ3v) is 8.55. The number of ether oxygens (including phenoxy) is 12. The summed E-state index contributed by atoms with van der Waals surface area (Å²) in [6, 6.07) is 0. The van der Waals surface area contributed by atoms with Crippen LogP contribution in [0, 0.1) is 0 Å². The molecule has 0 saturated heterocycles. The highest BCUT2D eigenvalue weighted by molar-refractivity contribution is 5.69. The van der Waals surface area contributed by atoms with Gasteiger partial charge in [-0.1, -0.05) is 97.3 Å². The van der Waals surface area contributed by atoms with Crippen LogP contribution in [-0.4, -0.2) is 157 Å².